The van der Waals surface area contributed by atoms with E-state index in [-0.39, 0.29) is 5.91 Å². The molecule has 0 aliphatic heterocycles. The van der Waals surface area contributed by atoms with Crippen molar-refractivity contribution in [2.75, 3.05) is 18.3 Å². The third kappa shape index (κ3) is 4.60. The van der Waals surface area contributed by atoms with Crippen molar-refractivity contribution in [2.24, 2.45) is 0 Å². The average Bonchev–Trinajstić information content (AvgIpc) is 3.07. The van der Waals surface area contributed by atoms with E-state index in [2.05, 4.69) is 15.8 Å². The lowest BCUT2D eigenvalue weighted by atomic mass is 10.2. The average molecular weight is 408 g/mol. The minimum absolute atomic E-state index is 0.0885. The molecule has 136 valence electrons. The summed E-state index contributed by atoms with van der Waals surface area (Å²) in [6, 6.07) is 11.5. The summed E-state index contributed by atoms with van der Waals surface area (Å²) < 4.78 is 6.38. The van der Waals surface area contributed by atoms with Gasteiger partial charge in [0.25, 0.3) is 0 Å². The summed E-state index contributed by atoms with van der Waals surface area (Å²) in [6.07, 6.45) is 0.396. The number of halogens is 1. The van der Waals surface area contributed by atoms with Crippen molar-refractivity contribution in [3.8, 4) is 5.75 Å². The molecule has 0 radical (unpaired) electrons. The largest absolute Gasteiger partial charge is 0.494 e. The number of thiazole rings is 1. The molecule has 1 heterocycles. The summed E-state index contributed by atoms with van der Waals surface area (Å²) in [5.74, 6) is 1.32. The second-order valence-corrected chi connectivity index (χ2v) is 8.11. The summed E-state index contributed by atoms with van der Waals surface area (Å²) in [5.41, 5.74) is 7.51. The number of aryl methyl sites for hydroxylation is 1. The number of nitrogens with one attached hydrogen (secondary N) is 2. The van der Waals surface area contributed by atoms with E-state index in [1.54, 1.807) is 18.9 Å². The number of methoxy groups -OCH3 is 1. The number of fused-ring (bicyclic) bond motifs is 1. The number of carbonyl (C=O) groups is 1. The first kappa shape index (κ1) is 18.8. The van der Waals surface area contributed by atoms with Crippen molar-refractivity contribution in [1.82, 2.24) is 10.4 Å². The van der Waals surface area contributed by atoms with Crippen LogP contribution < -0.4 is 15.6 Å². The van der Waals surface area contributed by atoms with E-state index in [4.69, 9.17) is 16.3 Å². The molecule has 0 spiro atoms. The zero-order chi connectivity index (χ0) is 18.5. The van der Waals surface area contributed by atoms with Crippen LogP contribution >= 0.6 is 34.7 Å². The fourth-order valence-electron chi connectivity index (χ4n) is 2.31. The molecular weight excluding hydrogens is 390 g/mol. The van der Waals surface area contributed by atoms with Gasteiger partial charge in [0.05, 0.1) is 11.8 Å². The van der Waals surface area contributed by atoms with E-state index in [1.165, 1.54) is 11.3 Å². The lowest BCUT2D eigenvalue weighted by Gasteiger charge is -2.05. The number of rotatable bonds is 7. The molecule has 0 unspecified atom stereocenters. The molecule has 26 heavy (non-hydrogen) atoms. The van der Waals surface area contributed by atoms with Gasteiger partial charge in [0.1, 0.15) is 11.3 Å². The van der Waals surface area contributed by atoms with Crippen LogP contribution in [0.2, 0.25) is 5.02 Å². The Balaban J connectivity index is 1.52. The van der Waals surface area contributed by atoms with Crippen LogP contribution in [0.15, 0.2) is 41.3 Å². The van der Waals surface area contributed by atoms with Gasteiger partial charge in [-0.3, -0.25) is 15.6 Å². The van der Waals surface area contributed by atoms with Crippen molar-refractivity contribution in [3.63, 3.8) is 0 Å². The van der Waals surface area contributed by atoms with Crippen molar-refractivity contribution in [2.45, 2.75) is 18.2 Å². The van der Waals surface area contributed by atoms with E-state index in [1.807, 2.05) is 43.3 Å². The molecular formula is C18H18ClN3O2S2. The number of amides is 1. The number of carbonyl (C=O) groups excluding carboxylic acids is 1. The highest BCUT2D eigenvalue weighted by atomic mass is 35.5. The van der Waals surface area contributed by atoms with Crippen molar-refractivity contribution in [1.29, 1.82) is 0 Å². The van der Waals surface area contributed by atoms with Gasteiger partial charge in [-0.25, -0.2) is 4.98 Å². The molecule has 0 aliphatic carbocycles. The monoisotopic (exact) mass is 407 g/mol. The fourth-order valence-corrected chi connectivity index (χ4v) is 4.19. The van der Waals surface area contributed by atoms with Crippen LogP contribution in [0.5, 0.6) is 5.75 Å². The molecule has 8 heteroatoms. The maximum absolute atomic E-state index is 12.0. The fraction of sp³-hybridized carbons (Fsp3) is 0.222. The van der Waals surface area contributed by atoms with E-state index in [9.17, 15) is 4.79 Å². The van der Waals surface area contributed by atoms with Crippen molar-refractivity contribution in [3.05, 3.63) is 47.0 Å². The van der Waals surface area contributed by atoms with Crippen LogP contribution in [-0.4, -0.2) is 23.8 Å². The molecule has 0 saturated heterocycles. The van der Waals surface area contributed by atoms with E-state index >= 15 is 0 Å². The van der Waals surface area contributed by atoms with Gasteiger partial charge >= 0.3 is 0 Å². The number of ether oxygens (including phenoxy) is 1. The second kappa shape index (κ2) is 8.62. The van der Waals surface area contributed by atoms with E-state index in [0.717, 1.165) is 26.4 Å². The Morgan fingerprint density at radius 1 is 1.27 bits per heavy atom. The molecule has 0 atom stereocenters. The molecule has 0 saturated carbocycles. The van der Waals surface area contributed by atoms with Gasteiger partial charge in [-0.2, -0.15) is 0 Å². The number of benzene rings is 2. The quantitative estimate of drug-likeness (QED) is 0.431. The Morgan fingerprint density at radius 3 is 2.77 bits per heavy atom. The zero-order valence-corrected chi connectivity index (χ0v) is 16.7. The molecule has 3 rings (SSSR count). The van der Waals surface area contributed by atoms with Gasteiger partial charge in [0.2, 0.25) is 11.0 Å². The SMILES string of the molecule is COc1ccc(C)c2sc(NNC(=O)CCSc3ccc(Cl)cc3)nc12. The molecule has 0 fully saturated rings. The zero-order valence-electron chi connectivity index (χ0n) is 14.3. The topological polar surface area (TPSA) is 63.2 Å². The Hall–Kier alpha value is -1.96. The summed E-state index contributed by atoms with van der Waals surface area (Å²) in [4.78, 5) is 17.6. The van der Waals surface area contributed by atoms with Gasteiger partial charge < -0.3 is 4.74 Å². The van der Waals surface area contributed by atoms with Crippen LogP contribution in [0.1, 0.15) is 12.0 Å². The normalized spacial score (nSPS) is 10.7. The first-order valence-electron chi connectivity index (χ1n) is 7.94. The lowest BCUT2D eigenvalue weighted by Crippen LogP contribution is -2.29. The van der Waals surface area contributed by atoms with E-state index in [0.29, 0.717) is 22.3 Å². The molecule has 2 aromatic carbocycles. The van der Waals surface area contributed by atoms with Gasteiger partial charge in [0.15, 0.2) is 0 Å². The summed E-state index contributed by atoms with van der Waals surface area (Å²) >= 11 is 8.96. The minimum Gasteiger partial charge on any atom is -0.494 e. The third-order valence-corrected chi connectivity index (χ3v) is 6.02. The van der Waals surface area contributed by atoms with Crippen LogP contribution in [0.4, 0.5) is 5.13 Å². The van der Waals surface area contributed by atoms with Crippen molar-refractivity contribution < 1.29 is 9.53 Å². The van der Waals surface area contributed by atoms with E-state index < -0.39 is 0 Å². The number of nitrogens with zero attached hydrogens (tertiary/aromatic N) is 1. The Morgan fingerprint density at radius 2 is 2.04 bits per heavy atom. The second-order valence-electron chi connectivity index (χ2n) is 5.51. The van der Waals surface area contributed by atoms with Crippen LogP contribution in [-0.2, 0) is 4.79 Å². The number of hydrogen-bond acceptors (Lipinski definition) is 6. The van der Waals surface area contributed by atoms with Gasteiger partial charge in [-0.05, 0) is 42.8 Å². The van der Waals surface area contributed by atoms with Gasteiger partial charge in [-0.15, -0.1) is 11.8 Å². The smallest absolute Gasteiger partial charge is 0.239 e. The predicted molar refractivity (Wildman–Crippen MR) is 109 cm³/mol. The molecule has 2 N–H and O–H groups in total. The summed E-state index contributed by atoms with van der Waals surface area (Å²) in [6.45, 7) is 2.02. The molecule has 0 bridgehead atoms. The molecule has 1 amide bonds. The number of thioether (sulfide) groups is 1. The van der Waals surface area contributed by atoms with Crippen molar-refractivity contribution >= 4 is 56.0 Å². The standard InChI is InChI=1S/C18H18ClN3O2S2/c1-11-3-8-14(24-2)16-17(11)26-18(20-16)22-21-15(23)9-10-25-13-6-4-12(19)5-7-13/h3-8H,9-10H2,1-2H3,(H,20,22)(H,21,23). The number of anilines is 1. The molecule has 3 aromatic rings. The Bertz CT molecular complexity index is 913. The lowest BCUT2D eigenvalue weighted by molar-refractivity contribution is -0.120. The van der Waals surface area contributed by atoms with Crippen LogP contribution in [0.25, 0.3) is 10.2 Å². The Labute approximate surface area is 165 Å². The number of hydrazine groups is 1. The number of aromatic nitrogens is 1. The van der Waals surface area contributed by atoms with Crippen LogP contribution in [0, 0.1) is 6.92 Å². The third-order valence-electron chi connectivity index (χ3n) is 3.64. The summed E-state index contributed by atoms with van der Waals surface area (Å²) in [5, 5.41) is 1.34. The minimum atomic E-state index is -0.0885. The molecule has 5 nitrogen and oxygen atoms in total. The summed E-state index contributed by atoms with van der Waals surface area (Å²) in [7, 11) is 1.62. The highest BCUT2D eigenvalue weighted by Crippen LogP contribution is 2.34. The highest BCUT2D eigenvalue weighted by Gasteiger charge is 2.11. The first-order chi connectivity index (χ1) is 12.6. The van der Waals surface area contributed by atoms with Gasteiger partial charge in [0, 0.05) is 22.1 Å². The first-order valence-corrected chi connectivity index (χ1v) is 10.1. The predicted octanol–water partition coefficient (Wildman–Crippen LogP) is 4.89. The Kier molecular flexibility index (Phi) is 6.24. The maximum atomic E-state index is 12.0. The highest BCUT2D eigenvalue weighted by molar-refractivity contribution is 7.99. The van der Waals surface area contributed by atoms with Crippen LogP contribution in [0.3, 0.4) is 0 Å². The molecule has 1 aromatic heterocycles. The molecule has 0 aliphatic rings. The van der Waals surface area contributed by atoms with Gasteiger partial charge in [-0.1, -0.05) is 29.0 Å². The number of hydrogen-bond donors (Lipinski definition) is 2. The maximum Gasteiger partial charge on any atom is 0.239 e.